The van der Waals surface area contributed by atoms with Crippen molar-refractivity contribution in [3.05, 3.63) is 24.3 Å². The van der Waals surface area contributed by atoms with Gasteiger partial charge in [0.2, 0.25) is 5.91 Å². The molecule has 0 saturated carbocycles. The first-order valence-corrected chi connectivity index (χ1v) is 9.83. The molecule has 0 bridgehead atoms. The minimum Gasteiger partial charge on any atom is -0.369 e. The number of nitrogens with zero attached hydrogens (tertiary/aromatic N) is 3. The molecule has 2 fully saturated rings. The molecule has 7 heteroatoms. The van der Waals surface area contributed by atoms with Gasteiger partial charge in [0, 0.05) is 57.6 Å². The number of amides is 1. The van der Waals surface area contributed by atoms with Crippen molar-refractivity contribution in [1.82, 2.24) is 4.90 Å². The van der Waals surface area contributed by atoms with Gasteiger partial charge in [0.15, 0.2) is 9.84 Å². The molecule has 0 radical (unpaired) electrons. The van der Waals surface area contributed by atoms with Gasteiger partial charge in [0.1, 0.15) is 0 Å². The zero-order chi connectivity index (χ0) is 16.4. The minimum atomic E-state index is -2.84. The van der Waals surface area contributed by atoms with Crippen LogP contribution in [0.5, 0.6) is 0 Å². The lowest BCUT2D eigenvalue weighted by Gasteiger charge is -2.36. The van der Waals surface area contributed by atoms with Crippen LogP contribution in [0.3, 0.4) is 0 Å². The Bertz CT molecular complexity index is 650. The fourth-order valence-electron chi connectivity index (χ4n) is 3.12. The van der Waals surface area contributed by atoms with Crippen LogP contribution in [0.4, 0.5) is 11.4 Å². The fourth-order valence-corrected chi connectivity index (χ4v) is 4.33. The first-order chi connectivity index (χ1) is 10.9. The number of anilines is 2. The third-order valence-electron chi connectivity index (χ3n) is 4.65. The SMILES string of the molecule is CC(=O)N1CCN(c2ccc(N3CCS(=O)(=O)CC3)cc2)CC1. The van der Waals surface area contributed by atoms with Gasteiger partial charge in [-0.2, -0.15) is 0 Å². The number of sulfone groups is 1. The number of hydrogen-bond donors (Lipinski definition) is 0. The van der Waals surface area contributed by atoms with Gasteiger partial charge in [-0.05, 0) is 24.3 Å². The highest BCUT2D eigenvalue weighted by Crippen LogP contribution is 2.23. The van der Waals surface area contributed by atoms with E-state index in [1.54, 1.807) is 6.92 Å². The topological polar surface area (TPSA) is 60.9 Å². The molecule has 0 N–H and O–H groups in total. The van der Waals surface area contributed by atoms with E-state index in [0.717, 1.165) is 37.6 Å². The second kappa shape index (κ2) is 6.39. The highest BCUT2D eigenvalue weighted by Gasteiger charge is 2.22. The van der Waals surface area contributed by atoms with E-state index < -0.39 is 9.84 Å². The summed E-state index contributed by atoms with van der Waals surface area (Å²) in [6.07, 6.45) is 0. The maximum atomic E-state index is 11.5. The largest absolute Gasteiger partial charge is 0.369 e. The lowest BCUT2D eigenvalue weighted by atomic mass is 10.2. The number of hydrogen-bond acceptors (Lipinski definition) is 5. The van der Waals surface area contributed by atoms with Gasteiger partial charge in [-0.25, -0.2) is 8.42 Å². The van der Waals surface area contributed by atoms with Crippen LogP contribution in [0.25, 0.3) is 0 Å². The number of carbonyl (C=O) groups excluding carboxylic acids is 1. The Morgan fingerprint density at radius 3 is 1.70 bits per heavy atom. The van der Waals surface area contributed by atoms with Crippen LogP contribution in [-0.2, 0) is 14.6 Å². The van der Waals surface area contributed by atoms with E-state index in [0.29, 0.717) is 13.1 Å². The van der Waals surface area contributed by atoms with E-state index >= 15 is 0 Å². The molecule has 2 aliphatic heterocycles. The predicted molar refractivity (Wildman–Crippen MR) is 91.8 cm³/mol. The molecule has 0 unspecified atom stereocenters. The van der Waals surface area contributed by atoms with Crippen molar-refractivity contribution in [3.63, 3.8) is 0 Å². The Hall–Kier alpha value is -1.76. The van der Waals surface area contributed by atoms with Crippen LogP contribution in [0.15, 0.2) is 24.3 Å². The molecule has 0 aliphatic carbocycles. The van der Waals surface area contributed by atoms with E-state index in [4.69, 9.17) is 0 Å². The lowest BCUT2D eigenvalue weighted by Crippen LogP contribution is -2.48. The standard InChI is InChI=1S/C16H23N3O3S/c1-14(20)17-6-8-18(9-7-17)15-2-4-16(5-3-15)19-10-12-23(21,22)13-11-19/h2-5H,6-13H2,1H3. The van der Waals surface area contributed by atoms with Gasteiger partial charge in [-0.3, -0.25) is 4.79 Å². The Balaban J connectivity index is 1.61. The molecule has 0 spiro atoms. The van der Waals surface area contributed by atoms with Crippen LogP contribution in [0, 0.1) is 0 Å². The van der Waals surface area contributed by atoms with Crippen LogP contribution in [0.1, 0.15) is 6.92 Å². The van der Waals surface area contributed by atoms with Crippen LogP contribution < -0.4 is 9.80 Å². The number of rotatable bonds is 2. The molecule has 1 aromatic carbocycles. The molecular formula is C16H23N3O3S. The highest BCUT2D eigenvalue weighted by molar-refractivity contribution is 7.91. The van der Waals surface area contributed by atoms with E-state index in [1.807, 2.05) is 4.90 Å². The summed E-state index contributed by atoms with van der Waals surface area (Å²) in [5.41, 5.74) is 2.23. The number of piperazine rings is 1. The minimum absolute atomic E-state index is 0.139. The van der Waals surface area contributed by atoms with Gasteiger partial charge < -0.3 is 14.7 Å². The first kappa shape index (κ1) is 16.1. The van der Waals surface area contributed by atoms with Crippen molar-refractivity contribution in [2.75, 3.05) is 60.6 Å². The fraction of sp³-hybridized carbons (Fsp3) is 0.562. The average Bonchev–Trinajstić information content (AvgIpc) is 2.55. The summed E-state index contributed by atoms with van der Waals surface area (Å²) in [7, 11) is -2.84. The molecule has 1 aromatic rings. The predicted octanol–water partition coefficient (Wildman–Crippen LogP) is 0.590. The summed E-state index contributed by atoms with van der Waals surface area (Å²) >= 11 is 0. The van der Waals surface area contributed by atoms with Crippen molar-refractivity contribution < 1.29 is 13.2 Å². The van der Waals surface area contributed by atoms with E-state index in [-0.39, 0.29) is 17.4 Å². The molecule has 2 heterocycles. The zero-order valence-electron chi connectivity index (χ0n) is 13.4. The smallest absolute Gasteiger partial charge is 0.219 e. The van der Waals surface area contributed by atoms with Gasteiger partial charge in [-0.1, -0.05) is 0 Å². The van der Waals surface area contributed by atoms with Crippen LogP contribution in [-0.4, -0.2) is 70.0 Å². The molecule has 1 amide bonds. The molecule has 0 atom stereocenters. The lowest BCUT2D eigenvalue weighted by molar-refractivity contribution is -0.129. The molecule has 3 rings (SSSR count). The molecule has 23 heavy (non-hydrogen) atoms. The molecule has 2 saturated heterocycles. The third kappa shape index (κ3) is 3.77. The van der Waals surface area contributed by atoms with Gasteiger partial charge in [0.25, 0.3) is 0 Å². The molecule has 0 aromatic heterocycles. The molecule has 2 aliphatic rings. The first-order valence-electron chi connectivity index (χ1n) is 8.00. The maximum absolute atomic E-state index is 11.5. The number of carbonyl (C=O) groups is 1. The number of benzene rings is 1. The van der Waals surface area contributed by atoms with Gasteiger partial charge in [-0.15, -0.1) is 0 Å². The molecular weight excluding hydrogens is 314 g/mol. The van der Waals surface area contributed by atoms with E-state index in [9.17, 15) is 13.2 Å². The van der Waals surface area contributed by atoms with Crippen molar-refractivity contribution in [2.45, 2.75) is 6.92 Å². The summed E-state index contributed by atoms with van der Waals surface area (Å²) in [6.45, 7) is 5.98. The average molecular weight is 337 g/mol. The summed E-state index contributed by atoms with van der Waals surface area (Å²) in [6, 6.07) is 8.29. The second-order valence-corrected chi connectivity index (χ2v) is 8.45. The summed E-state index contributed by atoms with van der Waals surface area (Å²) < 4.78 is 23.0. The monoisotopic (exact) mass is 337 g/mol. The molecule has 126 valence electrons. The van der Waals surface area contributed by atoms with Crippen molar-refractivity contribution in [2.24, 2.45) is 0 Å². The quantitative estimate of drug-likeness (QED) is 0.790. The zero-order valence-corrected chi connectivity index (χ0v) is 14.3. The van der Waals surface area contributed by atoms with E-state index in [2.05, 4.69) is 34.1 Å². The Morgan fingerprint density at radius 2 is 1.26 bits per heavy atom. The summed E-state index contributed by atoms with van der Waals surface area (Å²) in [5.74, 6) is 0.615. The second-order valence-electron chi connectivity index (χ2n) is 6.15. The van der Waals surface area contributed by atoms with Crippen molar-refractivity contribution >= 4 is 27.1 Å². The van der Waals surface area contributed by atoms with Crippen LogP contribution >= 0.6 is 0 Å². The third-order valence-corrected chi connectivity index (χ3v) is 6.26. The Kier molecular flexibility index (Phi) is 4.48. The van der Waals surface area contributed by atoms with Crippen molar-refractivity contribution in [3.8, 4) is 0 Å². The molecule has 6 nitrogen and oxygen atoms in total. The Morgan fingerprint density at radius 1 is 0.826 bits per heavy atom. The van der Waals surface area contributed by atoms with Gasteiger partial charge in [0.05, 0.1) is 11.5 Å². The highest BCUT2D eigenvalue weighted by atomic mass is 32.2. The van der Waals surface area contributed by atoms with Crippen LogP contribution in [0.2, 0.25) is 0 Å². The summed E-state index contributed by atoms with van der Waals surface area (Å²) in [4.78, 5) is 17.6. The summed E-state index contributed by atoms with van der Waals surface area (Å²) in [5, 5.41) is 0. The van der Waals surface area contributed by atoms with E-state index in [1.165, 1.54) is 0 Å². The van der Waals surface area contributed by atoms with Gasteiger partial charge >= 0.3 is 0 Å². The normalized spacial score (nSPS) is 21.3. The van der Waals surface area contributed by atoms with Crippen molar-refractivity contribution in [1.29, 1.82) is 0 Å². The Labute approximate surface area is 137 Å². The maximum Gasteiger partial charge on any atom is 0.219 e.